The lowest BCUT2D eigenvalue weighted by atomic mass is 10.1. The number of nitrogens with zero attached hydrogens (tertiary/aromatic N) is 6. The van der Waals surface area contributed by atoms with E-state index in [-0.39, 0.29) is 5.69 Å². The van der Waals surface area contributed by atoms with E-state index in [1.807, 2.05) is 26.0 Å². The Bertz CT molecular complexity index is 792. The summed E-state index contributed by atoms with van der Waals surface area (Å²) >= 11 is 0. The highest BCUT2D eigenvalue weighted by Gasteiger charge is 2.18. The number of aryl methyl sites for hydroxylation is 2. The van der Waals surface area contributed by atoms with Gasteiger partial charge in [-0.2, -0.15) is 5.26 Å². The van der Waals surface area contributed by atoms with Gasteiger partial charge in [0.25, 0.3) is 0 Å². The van der Waals surface area contributed by atoms with E-state index in [2.05, 4.69) is 26.5 Å². The van der Waals surface area contributed by atoms with Crippen molar-refractivity contribution in [1.29, 1.82) is 5.26 Å². The molecule has 0 bridgehead atoms. The van der Waals surface area contributed by atoms with Crippen LogP contribution in [-0.4, -0.2) is 25.1 Å². The van der Waals surface area contributed by atoms with Crippen LogP contribution < -0.4 is 0 Å². The molecule has 0 aromatic carbocycles. The fourth-order valence-corrected chi connectivity index (χ4v) is 2.17. The van der Waals surface area contributed by atoms with Crippen LogP contribution in [0.1, 0.15) is 22.7 Å². The van der Waals surface area contributed by atoms with Gasteiger partial charge in [0.15, 0.2) is 5.69 Å². The van der Waals surface area contributed by atoms with Crippen LogP contribution in [0.3, 0.4) is 0 Å². The van der Waals surface area contributed by atoms with Gasteiger partial charge < -0.3 is 4.52 Å². The number of hydrogen-bond acceptors (Lipinski definition) is 6. The van der Waals surface area contributed by atoms with Gasteiger partial charge in [-0.25, -0.2) is 4.68 Å². The summed E-state index contributed by atoms with van der Waals surface area (Å²) in [6.07, 6.45) is 3.34. The van der Waals surface area contributed by atoms with Gasteiger partial charge in [-0.3, -0.25) is 4.98 Å². The molecular formula is C14H12N6O. The van der Waals surface area contributed by atoms with Crippen LogP contribution in [0.4, 0.5) is 0 Å². The maximum absolute atomic E-state index is 9.22. The van der Waals surface area contributed by atoms with E-state index in [4.69, 9.17) is 4.52 Å². The Hall–Kier alpha value is -3.01. The molecular weight excluding hydrogens is 268 g/mol. The van der Waals surface area contributed by atoms with E-state index in [0.717, 1.165) is 22.6 Å². The highest BCUT2D eigenvalue weighted by atomic mass is 16.5. The summed E-state index contributed by atoms with van der Waals surface area (Å²) in [6.45, 7) is 4.18. The van der Waals surface area contributed by atoms with E-state index >= 15 is 0 Å². The first-order valence-corrected chi connectivity index (χ1v) is 6.36. The highest BCUT2D eigenvalue weighted by molar-refractivity contribution is 5.64. The number of rotatable bonds is 3. The van der Waals surface area contributed by atoms with Gasteiger partial charge in [-0.05, 0) is 26.0 Å². The summed E-state index contributed by atoms with van der Waals surface area (Å²) in [7, 11) is 0. The van der Waals surface area contributed by atoms with Gasteiger partial charge in [-0.1, -0.05) is 10.4 Å². The minimum atomic E-state index is 0.285. The normalized spacial score (nSPS) is 10.5. The van der Waals surface area contributed by atoms with Gasteiger partial charge in [0.05, 0.1) is 12.2 Å². The summed E-state index contributed by atoms with van der Waals surface area (Å²) < 4.78 is 6.84. The molecule has 0 radical (unpaired) electrons. The predicted octanol–water partition coefficient (Wildman–Crippen LogP) is 1.86. The summed E-state index contributed by atoms with van der Waals surface area (Å²) in [5.41, 5.74) is 3.55. The summed E-state index contributed by atoms with van der Waals surface area (Å²) in [5, 5.41) is 21.2. The molecule has 0 spiro atoms. The molecule has 0 aliphatic carbocycles. The molecule has 104 valence electrons. The zero-order chi connectivity index (χ0) is 14.8. The molecule has 21 heavy (non-hydrogen) atoms. The molecule has 3 rings (SSSR count). The van der Waals surface area contributed by atoms with Gasteiger partial charge in [0, 0.05) is 23.5 Å². The van der Waals surface area contributed by atoms with Crippen molar-refractivity contribution in [2.75, 3.05) is 0 Å². The molecule has 0 saturated carbocycles. The van der Waals surface area contributed by atoms with Crippen LogP contribution in [0.5, 0.6) is 0 Å². The first-order chi connectivity index (χ1) is 10.2. The average molecular weight is 280 g/mol. The van der Waals surface area contributed by atoms with Crippen molar-refractivity contribution in [2.24, 2.45) is 0 Å². The lowest BCUT2D eigenvalue weighted by molar-refractivity contribution is 0.391. The molecule has 0 fully saturated rings. The number of pyridine rings is 1. The highest BCUT2D eigenvalue weighted by Crippen LogP contribution is 2.23. The molecule has 0 saturated heterocycles. The zero-order valence-electron chi connectivity index (χ0n) is 11.6. The summed E-state index contributed by atoms with van der Waals surface area (Å²) in [4.78, 5) is 3.99. The monoisotopic (exact) mass is 280 g/mol. The van der Waals surface area contributed by atoms with Crippen LogP contribution >= 0.6 is 0 Å². The Morgan fingerprint density at radius 1 is 1.29 bits per heavy atom. The van der Waals surface area contributed by atoms with Crippen molar-refractivity contribution >= 4 is 0 Å². The molecule has 0 atom stereocenters. The topological polar surface area (TPSA) is 93.4 Å². The molecule has 0 aliphatic heterocycles. The zero-order valence-corrected chi connectivity index (χ0v) is 11.6. The molecule has 3 aromatic rings. The fourth-order valence-electron chi connectivity index (χ4n) is 2.17. The standard InChI is InChI=1S/C14H12N6O/c1-9-12(10(2)21-18-9)8-20-14(13(7-15)17-19-20)11-3-5-16-6-4-11/h3-6H,8H2,1-2H3. The quantitative estimate of drug-likeness (QED) is 0.727. The predicted molar refractivity (Wildman–Crippen MR) is 73.0 cm³/mol. The third kappa shape index (κ3) is 2.27. The molecule has 3 heterocycles. The van der Waals surface area contributed by atoms with Crippen molar-refractivity contribution in [1.82, 2.24) is 25.1 Å². The number of hydrogen-bond donors (Lipinski definition) is 0. The molecule has 0 aliphatic rings. The first kappa shape index (κ1) is 13.0. The Balaban J connectivity index is 2.09. The average Bonchev–Trinajstić information content (AvgIpc) is 3.06. The Morgan fingerprint density at radius 3 is 2.67 bits per heavy atom. The van der Waals surface area contributed by atoms with Gasteiger partial charge in [0.2, 0.25) is 0 Å². The number of aromatic nitrogens is 5. The van der Waals surface area contributed by atoms with E-state index in [1.165, 1.54) is 0 Å². The van der Waals surface area contributed by atoms with Crippen LogP contribution in [0.2, 0.25) is 0 Å². The second-order valence-electron chi connectivity index (χ2n) is 4.59. The molecule has 0 N–H and O–H groups in total. The van der Waals surface area contributed by atoms with Crippen molar-refractivity contribution in [3.63, 3.8) is 0 Å². The maximum Gasteiger partial charge on any atom is 0.190 e. The second-order valence-corrected chi connectivity index (χ2v) is 4.59. The van der Waals surface area contributed by atoms with Crippen LogP contribution in [0.25, 0.3) is 11.3 Å². The van der Waals surface area contributed by atoms with Crippen molar-refractivity contribution in [3.8, 4) is 17.3 Å². The largest absolute Gasteiger partial charge is 0.361 e. The molecule has 0 amide bonds. The lowest BCUT2D eigenvalue weighted by Crippen LogP contribution is -2.06. The van der Waals surface area contributed by atoms with E-state index in [1.54, 1.807) is 17.1 Å². The smallest absolute Gasteiger partial charge is 0.190 e. The van der Waals surface area contributed by atoms with E-state index in [9.17, 15) is 5.26 Å². The maximum atomic E-state index is 9.22. The second kappa shape index (κ2) is 5.17. The Kier molecular flexibility index (Phi) is 3.20. The van der Waals surface area contributed by atoms with Crippen molar-refractivity contribution in [3.05, 3.63) is 47.2 Å². The Morgan fingerprint density at radius 2 is 2.05 bits per heavy atom. The minimum Gasteiger partial charge on any atom is -0.361 e. The third-order valence-corrected chi connectivity index (χ3v) is 3.28. The van der Waals surface area contributed by atoms with Gasteiger partial charge in [-0.15, -0.1) is 5.10 Å². The van der Waals surface area contributed by atoms with E-state index in [0.29, 0.717) is 12.2 Å². The fraction of sp³-hybridized carbons (Fsp3) is 0.214. The molecule has 7 heteroatoms. The van der Waals surface area contributed by atoms with Crippen LogP contribution in [0.15, 0.2) is 29.0 Å². The van der Waals surface area contributed by atoms with Gasteiger partial charge >= 0.3 is 0 Å². The summed E-state index contributed by atoms with van der Waals surface area (Å²) in [5.74, 6) is 0.738. The first-order valence-electron chi connectivity index (χ1n) is 6.36. The van der Waals surface area contributed by atoms with E-state index < -0.39 is 0 Å². The van der Waals surface area contributed by atoms with Crippen LogP contribution in [-0.2, 0) is 6.54 Å². The van der Waals surface area contributed by atoms with Crippen molar-refractivity contribution in [2.45, 2.75) is 20.4 Å². The third-order valence-electron chi connectivity index (χ3n) is 3.28. The molecule has 7 nitrogen and oxygen atoms in total. The lowest BCUT2D eigenvalue weighted by Gasteiger charge is -2.06. The molecule has 3 aromatic heterocycles. The number of nitriles is 1. The van der Waals surface area contributed by atoms with Crippen LogP contribution in [0, 0.1) is 25.2 Å². The Labute approximate surface area is 120 Å². The van der Waals surface area contributed by atoms with Gasteiger partial charge in [0.1, 0.15) is 17.5 Å². The SMILES string of the molecule is Cc1noc(C)c1Cn1nnc(C#N)c1-c1ccncc1. The summed E-state index contributed by atoms with van der Waals surface area (Å²) in [6, 6.07) is 5.71. The van der Waals surface area contributed by atoms with Crippen molar-refractivity contribution < 1.29 is 4.52 Å². The minimum absolute atomic E-state index is 0.285. The molecule has 0 unspecified atom stereocenters.